The number of carbonyl (C=O) groups excluding carboxylic acids is 1. The number of methoxy groups -OCH3 is 1. The summed E-state index contributed by atoms with van der Waals surface area (Å²) in [5.41, 5.74) is 1.65. The molecule has 1 amide bonds. The third kappa shape index (κ3) is 4.03. The van der Waals surface area contributed by atoms with E-state index in [0.29, 0.717) is 18.1 Å². The number of amides is 1. The van der Waals surface area contributed by atoms with Crippen molar-refractivity contribution in [1.82, 2.24) is 0 Å². The Balaban J connectivity index is 1.75. The molecule has 0 unspecified atom stereocenters. The number of ether oxygens (including phenoxy) is 2. The monoisotopic (exact) mass is 347 g/mol. The fraction of sp³-hybridized carbons (Fsp3) is 0.136. The lowest BCUT2D eigenvalue weighted by atomic mass is 10.1. The van der Waals surface area contributed by atoms with Gasteiger partial charge in [0.25, 0.3) is 0 Å². The number of hydrogen-bond donors (Lipinski definition) is 1. The summed E-state index contributed by atoms with van der Waals surface area (Å²) >= 11 is 0. The van der Waals surface area contributed by atoms with Crippen LogP contribution in [0.3, 0.4) is 0 Å². The van der Waals surface area contributed by atoms with Crippen LogP contribution in [0.1, 0.15) is 12.5 Å². The van der Waals surface area contributed by atoms with Gasteiger partial charge in [-0.2, -0.15) is 0 Å². The first-order valence-corrected chi connectivity index (χ1v) is 8.49. The van der Waals surface area contributed by atoms with E-state index in [4.69, 9.17) is 9.47 Å². The van der Waals surface area contributed by atoms with Crippen LogP contribution in [0.25, 0.3) is 16.8 Å². The minimum atomic E-state index is -0.186. The van der Waals surface area contributed by atoms with Crippen molar-refractivity contribution in [3.8, 4) is 11.5 Å². The molecule has 4 heteroatoms. The first-order valence-electron chi connectivity index (χ1n) is 8.49. The van der Waals surface area contributed by atoms with Gasteiger partial charge in [-0.1, -0.05) is 42.5 Å². The number of anilines is 1. The molecule has 4 nitrogen and oxygen atoms in total. The largest absolute Gasteiger partial charge is 0.493 e. The van der Waals surface area contributed by atoms with Crippen molar-refractivity contribution in [2.24, 2.45) is 0 Å². The second-order valence-electron chi connectivity index (χ2n) is 5.69. The molecule has 0 bridgehead atoms. The van der Waals surface area contributed by atoms with E-state index < -0.39 is 0 Å². The van der Waals surface area contributed by atoms with Gasteiger partial charge in [0.1, 0.15) is 0 Å². The van der Waals surface area contributed by atoms with E-state index in [-0.39, 0.29) is 5.91 Å². The Labute approximate surface area is 153 Å². The van der Waals surface area contributed by atoms with Crippen LogP contribution in [0.4, 0.5) is 5.69 Å². The number of rotatable bonds is 6. The third-order valence-corrected chi connectivity index (χ3v) is 3.96. The Morgan fingerprint density at radius 1 is 1.04 bits per heavy atom. The lowest BCUT2D eigenvalue weighted by Gasteiger charge is -2.09. The van der Waals surface area contributed by atoms with Gasteiger partial charge in [0.15, 0.2) is 11.5 Å². The SMILES string of the molecule is CCOc1ccc(C=CC(=O)Nc2cccc3ccccc23)cc1OC. The molecule has 0 aliphatic rings. The second-order valence-corrected chi connectivity index (χ2v) is 5.69. The van der Waals surface area contributed by atoms with Gasteiger partial charge in [-0.05, 0) is 42.1 Å². The van der Waals surface area contributed by atoms with E-state index in [2.05, 4.69) is 5.32 Å². The average Bonchev–Trinajstić information content (AvgIpc) is 2.67. The van der Waals surface area contributed by atoms with Gasteiger partial charge in [0, 0.05) is 17.1 Å². The average molecular weight is 347 g/mol. The summed E-state index contributed by atoms with van der Waals surface area (Å²) in [6.45, 7) is 2.49. The Morgan fingerprint density at radius 2 is 1.85 bits per heavy atom. The van der Waals surface area contributed by atoms with Gasteiger partial charge < -0.3 is 14.8 Å². The Bertz CT molecular complexity index is 942. The summed E-state index contributed by atoms with van der Waals surface area (Å²) in [5.74, 6) is 1.14. The summed E-state index contributed by atoms with van der Waals surface area (Å²) < 4.78 is 10.8. The minimum absolute atomic E-state index is 0.186. The van der Waals surface area contributed by atoms with Gasteiger partial charge in [0.2, 0.25) is 5.91 Å². The van der Waals surface area contributed by atoms with Gasteiger partial charge in [-0.25, -0.2) is 0 Å². The maximum Gasteiger partial charge on any atom is 0.248 e. The number of hydrogen-bond acceptors (Lipinski definition) is 3. The highest BCUT2D eigenvalue weighted by Gasteiger charge is 2.05. The summed E-state index contributed by atoms with van der Waals surface area (Å²) in [5, 5.41) is 5.04. The van der Waals surface area contributed by atoms with Crippen LogP contribution in [-0.2, 0) is 4.79 Å². The van der Waals surface area contributed by atoms with Crippen molar-refractivity contribution >= 4 is 28.4 Å². The van der Waals surface area contributed by atoms with Crippen molar-refractivity contribution in [3.63, 3.8) is 0 Å². The molecule has 0 saturated heterocycles. The zero-order valence-electron chi connectivity index (χ0n) is 14.9. The minimum Gasteiger partial charge on any atom is -0.493 e. The lowest BCUT2D eigenvalue weighted by Crippen LogP contribution is -2.08. The van der Waals surface area contributed by atoms with Crippen LogP contribution in [0, 0.1) is 0 Å². The number of nitrogens with one attached hydrogen (secondary N) is 1. The Kier molecular flexibility index (Phi) is 5.54. The molecule has 3 rings (SSSR count). The summed E-state index contributed by atoms with van der Waals surface area (Å²) in [6.07, 6.45) is 3.26. The zero-order chi connectivity index (χ0) is 18.4. The molecule has 0 aliphatic heterocycles. The van der Waals surface area contributed by atoms with E-state index in [1.807, 2.05) is 67.6 Å². The van der Waals surface area contributed by atoms with Crippen molar-refractivity contribution < 1.29 is 14.3 Å². The highest BCUT2D eigenvalue weighted by atomic mass is 16.5. The van der Waals surface area contributed by atoms with Crippen molar-refractivity contribution in [2.45, 2.75) is 6.92 Å². The molecule has 0 saturated carbocycles. The van der Waals surface area contributed by atoms with Crippen molar-refractivity contribution in [3.05, 3.63) is 72.3 Å². The topological polar surface area (TPSA) is 47.6 Å². The summed E-state index contributed by atoms with van der Waals surface area (Å²) in [7, 11) is 1.60. The zero-order valence-corrected chi connectivity index (χ0v) is 14.9. The highest BCUT2D eigenvalue weighted by molar-refractivity contribution is 6.07. The highest BCUT2D eigenvalue weighted by Crippen LogP contribution is 2.28. The molecule has 3 aromatic rings. The normalized spacial score (nSPS) is 10.8. The number of fused-ring (bicyclic) bond motifs is 1. The molecule has 0 aliphatic carbocycles. The maximum atomic E-state index is 12.3. The Morgan fingerprint density at radius 3 is 2.65 bits per heavy atom. The van der Waals surface area contributed by atoms with Crippen molar-refractivity contribution in [1.29, 1.82) is 0 Å². The first kappa shape index (κ1) is 17.5. The molecular weight excluding hydrogens is 326 g/mol. The predicted molar refractivity (Wildman–Crippen MR) is 106 cm³/mol. The van der Waals surface area contributed by atoms with Crippen LogP contribution in [0.2, 0.25) is 0 Å². The summed E-state index contributed by atoms with van der Waals surface area (Å²) in [6, 6.07) is 19.4. The quantitative estimate of drug-likeness (QED) is 0.645. The fourth-order valence-corrected chi connectivity index (χ4v) is 2.74. The second kappa shape index (κ2) is 8.21. The van der Waals surface area contributed by atoms with Gasteiger partial charge in [-0.15, -0.1) is 0 Å². The molecule has 0 fully saturated rings. The van der Waals surface area contributed by atoms with Gasteiger partial charge in [0.05, 0.1) is 13.7 Å². The van der Waals surface area contributed by atoms with Crippen molar-refractivity contribution in [2.75, 3.05) is 19.0 Å². The lowest BCUT2D eigenvalue weighted by molar-refractivity contribution is -0.111. The molecule has 132 valence electrons. The maximum absolute atomic E-state index is 12.3. The van der Waals surface area contributed by atoms with E-state index in [0.717, 1.165) is 22.0 Å². The molecule has 3 aromatic carbocycles. The van der Waals surface area contributed by atoms with Crippen LogP contribution in [0.15, 0.2) is 66.7 Å². The fourth-order valence-electron chi connectivity index (χ4n) is 2.74. The summed E-state index contributed by atoms with van der Waals surface area (Å²) in [4.78, 5) is 12.3. The van der Waals surface area contributed by atoms with E-state index >= 15 is 0 Å². The predicted octanol–water partition coefficient (Wildman–Crippen LogP) is 4.90. The Hall–Kier alpha value is -3.27. The van der Waals surface area contributed by atoms with Crippen LogP contribution < -0.4 is 14.8 Å². The van der Waals surface area contributed by atoms with Crippen LogP contribution >= 0.6 is 0 Å². The van der Waals surface area contributed by atoms with E-state index in [9.17, 15) is 4.79 Å². The first-order chi connectivity index (χ1) is 12.7. The molecule has 0 aromatic heterocycles. The molecule has 0 radical (unpaired) electrons. The van der Waals surface area contributed by atoms with Gasteiger partial charge in [-0.3, -0.25) is 4.79 Å². The van der Waals surface area contributed by atoms with E-state index in [1.54, 1.807) is 13.2 Å². The molecular formula is C22H21NO3. The van der Waals surface area contributed by atoms with Crippen LogP contribution in [0.5, 0.6) is 11.5 Å². The standard InChI is InChI=1S/C22H21NO3/c1-3-26-20-13-11-16(15-21(20)25-2)12-14-22(24)23-19-10-6-8-17-7-4-5-9-18(17)19/h4-15H,3H2,1-2H3,(H,23,24). The molecule has 26 heavy (non-hydrogen) atoms. The van der Waals surface area contributed by atoms with Gasteiger partial charge >= 0.3 is 0 Å². The van der Waals surface area contributed by atoms with Crippen LogP contribution in [-0.4, -0.2) is 19.6 Å². The van der Waals surface area contributed by atoms with E-state index in [1.165, 1.54) is 6.08 Å². The third-order valence-electron chi connectivity index (χ3n) is 3.96. The molecule has 0 heterocycles. The molecule has 0 spiro atoms. The number of benzene rings is 3. The molecule has 1 N–H and O–H groups in total. The smallest absolute Gasteiger partial charge is 0.248 e. The molecule has 0 atom stereocenters. The number of carbonyl (C=O) groups is 1.